The van der Waals surface area contributed by atoms with Gasteiger partial charge in [-0.25, -0.2) is 4.39 Å². The summed E-state index contributed by atoms with van der Waals surface area (Å²) >= 11 is 12.1. The highest BCUT2D eigenvalue weighted by molar-refractivity contribution is 6.35. The van der Waals surface area contributed by atoms with Crippen LogP contribution < -0.4 is 10.1 Å². The average Bonchev–Trinajstić information content (AvgIpc) is 2.65. The monoisotopic (exact) mass is 412 g/mol. The zero-order chi connectivity index (χ0) is 20.0. The van der Waals surface area contributed by atoms with E-state index in [2.05, 4.69) is 5.32 Å². The molecule has 144 valence electrons. The number of rotatable bonds is 7. The van der Waals surface area contributed by atoms with E-state index in [1.807, 2.05) is 0 Å². The summed E-state index contributed by atoms with van der Waals surface area (Å²) in [6.07, 6.45) is 0. The van der Waals surface area contributed by atoms with Crippen LogP contribution in [0.15, 0.2) is 42.5 Å². The lowest BCUT2D eigenvalue weighted by molar-refractivity contribution is -0.142. The summed E-state index contributed by atoms with van der Waals surface area (Å²) < 4.78 is 18.4. The van der Waals surface area contributed by atoms with E-state index in [-0.39, 0.29) is 19.1 Å². The van der Waals surface area contributed by atoms with Crippen molar-refractivity contribution in [3.63, 3.8) is 0 Å². The lowest BCUT2D eigenvalue weighted by Gasteiger charge is -2.28. The smallest absolute Gasteiger partial charge is 0.261 e. The van der Waals surface area contributed by atoms with E-state index in [1.54, 1.807) is 25.1 Å². The van der Waals surface area contributed by atoms with Gasteiger partial charge in [0.15, 0.2) is 6.61 Å². The Morgan fingerprint density at radius 3 is 2.44 bits per heavy atom. The third kappa shape index (κ3) is 5.84. The van der Waals surface area contributed by atoms with Gasteiger partial charge in [-0.15, -0.1) is 0 Å². The van der Waals surface area contributed by atoms with E-state index in [0.29, 0.717) is 21.4 Å². The van der Waals surface area contributed by atoms with Crippen molar-refractivity contribution in [3.05, 3.63) is 63.9 Å². The van der Waals surface area contributed by atoms with Gasteiger partial charge in [-0.3, -0.25) is 9.59 Å². The fourth-order valence-electron chi connectivity index (χ4n) is 2.38. The third-order valence-electron chi connectivity index (χ3n) is 3.95. The minimum absolute atomic E-state index is 0.107. The van der Waals surface area contributed by atoms with Crippen LogP contribution >= 0.6 is 23.2 Å². The van der Waals surface area contributed by atoms with E-state index >= 15 is 0 Å². The van der Waals surface area contributed by atoms with Crippen molar-refractivity contribution >= 4 is 35.0 Å². The van der Waals surface area contributed by atoms with Gasteiger partial charge in [0.1, 0.15) is 17.6 Å². The Balaban J connectivity index is 2.16. The number of ether oxygens (including phenoxy) is 1. The highest BCUT2D eigenvalue weighted by atomic mass is 35.5. The zero-order valence-electron chi connectivity index (χ0n) is 14.8. The lowest BCUT2D eigenvalue weighted by atomic mass is 10.1. The number of halogens is 3. The van der Waals surface area contributed by atoms with Crippen molar-refractivity contribution in [3.8, 4) is 5.75 Å². The van der Waals surface area contributed by atoms with Crippen LogP contribution in [0.1, 0.15) is 12.5 Å². The Kier molecular flexibility index (Phi) is 7.45. The molecule has 1 atom stereocenters. The first-order valence-corrected chi connectivity index (χ1v) is 8.90. The van der Waals surface area contributed by atoms with Crippen LogP contribution in [0.3, 0.4) is 0 Å². The molecular weight excluding hydrogens is 394 g/mol. The standard InChI is InChI=1S/C19H19Cl2FN2O3/c1-12(19(26)23-2)24(10-13-3-4-14(20)9-17(13)21)18(25)11-27-16-7-5-15(22)6-8-16/h3-9,12H,10-11H2,1-2H3,(H,23,26)/t12-/m0/s1. The summed E-state index contributed by atoms with van der Waals surface area (Å²) in [7, 11) is 1.49. The van der Waals surface area contributed by atoms with Gasteiger partial charge in [0.05, 0.1) is 0 Å². The number of nitrogens with one attached hydrogen (secondary N) is 1. The van der Waals surface area contributed by atoms with Crippen molar-refractivity contribution in [1.82, 2.24) is 10.2 Å². The number of hydrogen-bond acceptors (Lipinski definition) is 3. The molecule has 27 heavy (non-hydrogen) atoms. The maximum Gasteiger partial charge on any atom is 0.261 e. The Labute approximate surface area is 167 Å². The summed E-state index contributed by atoms with van der Waals surface area (Å²) in [6, 6.07) is 9.49. The second kappa shape index (κ2) is 9.58. The molecule has 0 radical (unpaired) electrons. The molecule has 0 aliphatic carbocycles. The predicted octanol–water partition coefficient (Wildman–Crippen LogP) is 3.67. The molecular formula is C19H19Cl2FN2O3. The maximum atomic E-state index is 13.0. The van der Waals surface area contributed by atoms with Crippen LogP contribution in [-0.2, 0) is 16.1 Å². The Morgan fingerprint density at radius 2 is 1.85 bits per heavy atom. The van der Waals surface area contributed by atoms with Crippen molar-refractivity contribution in [1.29, 1.82) is 0 Å². The quantitative estimate of drug-likeness (QED) is 0.754. The molecule has 2 aromatic rings. The molecule has 0 aliphatic heterocycles. The maximum absolute atomic E-state index is 13.0. The summed E-state index contributed by atoms with van der Waals surface area (Å²) in [5.74, 6) is -0.792. The summed E-state index contributed by atoms with van der Waals surface area (Å²) in [6.45, 7) is 1.41. The molecule has 0 saturated heterocycles. The number of carbonyl (C=O) groups is 2. The molecule has 0 saturated carbocycles. The van der Waals surface area contributed by atoms with Gasteiger partial charge in [0, 0.05) is 23.6 Å². The van der Waals surface area contributed by atoms with E-state index in [0.717, 1.165) is 0 Å². The van der Waals surface area contributed by atoms with Gasteiger partial charge in [-0.1, -0.05) is 29.3 Å². The van der Waals surface area contributed by atoms with Crippen molar-refractivity contribution < 1.29 is 18.7 Å². The number of amides is 2. The Bertz CT molecular complexity index is 815. The first-order valence-electron chi connectivity index (χ1n) is 8.15. The molecule has 0 unspecified atom stereocenters. The van der Waals surface area contributed by atoms with Gasteiger partial charge in [-0.2, -0.15) is 0 Å². The van der Waals surface area contributed by atoms with E-state index < -0.39 is 17.8 Å². The number of hydrogen-bond donors (Lipinski definition) is 1. The lowest BCUT2D eigenvalue weighted by Crippen LogP contribution is -2.48. The second-order valence-electron chi connectivity index (χ2n) is 5.79. The van der Waals surface area contributed by atoms with Crippen LogP contribution in [0.5, 0.6) is 5.75 Å². The molecule has 8 heteroatoms. The van der Waals surface area contributed by atoms with Crippen molar-refractivity contribution in [2.75, 3.05) is 13.7 Å². The van der Waals surface area contributed by atoms with Gasteiger partial charge < -0.3 is 15.0 Å². The highest BCUT2D eigenvalue weighted by Crippen LogP contribution is 2.23. The first-order chi connectivity index (χ1) is 12.8. The Morgan fingerprint density at radius 1 is 1.19 bits per heavy atom. The number of likely N-dealkylation sites (N-methyl/N-ethyl adjacent to an activating group) is 1. The number of benzene rings is 2. The normalized spacial score (nSPS) is 11.6. The van der Waals surface area contributed by atoms with E-state index in [4.69, 9.17) is 27.9 Å². The molecule has 1 N–H and O–H groups in total. The van der Waals surface area contributed by atoms with Crippen molar-refractivity contribution in [2.45, 2.75) is 19.5 Å². The summed E-state index contributed by atoms with van der Waals surface area (Å²) in [4.78, 5) is 26.1. The molecule has 5 nitrogen and oxygen atoms in total. The topological polar surface area (TPSA) is 58.6 Å². The van der Waals surface area contributed by atoms with Crippen LogP contribution in [0.25, 0.3) is 0 Å². The van der Waals surface area contributed by atoms with E-state index in [9.17, 15) is 14.0 Å². The predicted molar refractivity (Wildman–Crippen MR) is 102 cm³/mol. The average molecular weight is 413 g/mol. The zero-order valence-corrected chi connectivity index (χ0v) is 16.4. The van der Waals surface area contributed by atoms with Crippen LogP contribution in [0.2, 0.25) is 10.0 Å². The fraction of sp³-hybridized carbons (Fsp3) is 0.263. The van der Waals surface area contributed by atoms with E-state index in [1.165, 1.54) is 36.2 Å². The van der Waals surface area contributed by atoms with Crippen LogP contribution in [-0.4, -0.2) is 36.4 Å². The minimum atomic E-state index is -0.744. The fourth-order valence-corrected chi connectivity index (χ4v) is 2.85. The van der Waals surface area contributed by atoms with Gasteiger partial charge >= 0.3 is 0 Å². The third-order valence-corrected chi connectivity index (χ3v) is 4.53. The number of nitrogens with zero attached hydrogens (tertiary/aromatic N) is 1. The molecule has 0 bridgehead atoms. The Hall–Kier alpha value is -2.31. The molecule has 2 rings (SSSR count). The van der Waals surface area contributed by atoms with Gasteiger partial charge in [0.25, 0.3) is 5.91 Å². The number of carbonyl (C=O) groups excluding carboxylic acids is 2. The van der Waals surface area contributed by atoms with Crippen LogP contribution in [0, 0.1) is 5.82 Å². The molecule has 0 heterocycles. The SMILES string of the molecule is CNC(=O)[C@H](C)N(Cc1ccc(Cl)cc1Cl)C(=O)COc1ccc(F)cc1. The molecule has 0 fully saturated rings. The molecule has 2 aromatic carbocycles. The second-order valence-corrected chi connectivity index (χ2v) is 6.63. The molecule has 0 aliphatic rings. The summed E-state index contributed by atoms with van der Waals surface area (Å²) in [5, 5.41) is 3.39. The molecule has 0 aromatic heterocycles. The highest BCUT2D eigenvalue weighted by Gasteiger charge is 2.26. The summed E-state index contributed by atoms with van der Waals surface area (Å²) in [5.41, 5.74) is 0.645. The van der Waals surface area contributed by atoms with Gasteiger partial charge in [-0.05, 0) is 48.9 Å². The molecule has 0 spiro atoms. The minimum Gasteiger partial charge on any atom is -0.484 e. The van der Waals surface area contributed by atoms with Crippen LogP contribution in [0.4, 0.5) is 4.39 Å². The first kappa shape index (κ1) is 21.0. The molecule has 2 amide bonds. The largest absolute Gasteiger partial charge is 0.484 e. The van der Waals surface area contributed by atoms with Gasteiger partial charge in [0.2, 0.25) is 5.91 Å². The van der Waals surface area contributed by atoms with Crippen molar-refractivity contribution in [2.24, 2.45) is 0 Å².